The largest absolute Gasteiger partial charge is 0.257 e. The maximum Gasteiger partial charge on any atom is 0.0629 e. The standard InChI is InChI=1S/C20H19N.C14H14/c1-3-6-19-17(13-16-7-4-5-8-20(16)19)14-21-18-11-9-15(2)10-12-18;1-14(2)12-8-4-3-6-10(12)11-7-5-9-13(11)14/h3-12,14H,13H2,1-2H3;3-8H,9H2,1-2H3/b6-3-,21-14?;. The van der Waals surface area contributed by atoms with Crippen LogP contribution in [0.5, 0.6) is 0 Å². The molecule has 0 radical (unpaired) electrons. The fraction of sp³-hybridized carbons (Fsp3) is 0.206. The minimum absolute atomic E-state index is 0.245. The fourth-order valence-electron chi connectivity index (χ4n) is 5.45. The number of allylic oxidation sites excluding steroid dienone is 8. The molecule has 3 aromatic rings. The Balaban J connectivity index is 0.000000156. The molecule has 6 rings (SSSR count). The van der Waals surface area contributed by atoms with Crippen LogP contribution < -0.4 is 0 Å². The van der Waals surface area contributed by atoms with Gasteiger partial charge in [-0.05, 0) is 76.9 Å². The van der Waals surface area contributed by atoms with Crippen LogP contribution in [0.4, 0.5) is 5.69 Å². The van der Waals surface area contributed by atoms with Gasteiger partial charge in [-0.25, -0.2) is 0 Å². The molecule has 0 aromatic heterocycles. The van der Waals surface area contributed by atoms with Gasteiger partial charge in [-0.3, -0.25) is 4.99 Å². The lowest BCUT2D eigenvalue weighted by Crippen LogP contribution is -2.16. The smallest absolute Gasteiger partial charge is 0.0629 e. The van der Waals surface area contributed by atoms with Crippen molar-refractivity contribution in [2.24, 2.45) is 4.99 Å². The number of nitrogens with zero attached hydrogens (tertiary/aromatic N) is 1. The van der Waals surface area contributed by atoms with E-state index in [1.54, 1.807) is 5.57 Å². The van der Waals surface area contributed by atoms with Crippen molar-refractivity contribution in [2.75, 3.05) is 0 Å². The van der Waals surface area contributed by atoms with E-state index in [-0.39, 0.29) is 5.41 Å². The number of aryl methyl sites for hydroxylation is 1. The summed E-state index contributed by atoms with van der Waals surface area (Å²) in [5, 5.41) is 0. The average molecular weight is 456 g/mol. The molecule has 1 nitrogen and oxygen atoms in total. The first-order valence-corrected chi connectivity index (χ1v) is 12.5. The van der Waals surface area contributed by atoms with Gasteiger partial charge >= 0.3 is 0 Å². The average Bonchev–Trinajstić information content (AvgIpc) is 3.55. The summed E-state index contributed by atoms with van der Waals surface area (Å²) in [6, 6.07) is 25.7. The van der Waals surface area contributed by atoms with Gasteiger partial charge in [-0.1, -0.05) is 104 Å². The van der Waals surface area contributed by atoms with E-state index in [1.807, 2.05) is 6.21 Å². The monoisotopic (exact) mass is 455 g/mol. The molecule has 0 saturated carbocycles. The Labute approximate surface area is 210 Å². The Bertz CT molecular complexity index is 1400. The predicted octanol–water partition coefficient (Wildman–Crippen LogP) is 8.97. The quantitative estimate of drug-likeness (QED) is 0.349. The highest BCUT2D eigenvalue weighted by Crippen LogP contribution is 2.50. The van der Waals surface area contributed by atoms with Gasteiger partial charge in [-0.2, -0.15) is 0 Å². The van der Waals surface area contributed by atoms with E-state index in [1.165, 1.54) is 44.5 Å². The number of aliphatic imine (C=N–C) groups is 1. The molecule has 0 N–H and O–H groups in total. The van der Waals surface area contributed by atoms with Crippen LogP contribution in [-0.2, 0) is 11.8 Å². The van der Waals surface area contributed by atoms with Crippen molar-refractivity contribution in [1.82, 2.24) is 0 Å². The first-order chi connectivity index (χ1) is 17.0. The van der Waals surface area contributed by atoms with Gasteiger partial charge in [0.15, 0.2) is 0 Å². The van der Waals surface area contributed by atoms with E-state index in [0.29, 0.717) is 0 Å². The van der Waals surface area contributed by atoms with Gasteiger partial charge in [0, 0.05) is 18.1 Å². The van der Waals surface area contributed by atoms with Crippen LogP contribution in [0.15, 0.2) is 113 Å². The number of hydrogen-bond acceptors (Lipinski definition) is 1. The molecule has 0 atom stereocenters. The first kappa shape index (κ1) is 23.1. The molecule has 3 aliphatic carbocycles. The van der Waals surface area contributed by atoms with E-state index >= 15 is 0 Å². The van der Waals surface area contributed by atoms with Crippen molar-refractivity contribution in [3.05, 3.63) is 136 Å². The molecule has 174 valence electrons. The van der Waals surface area contributed by atoms with Gasteiger partial charge in [0.05, 0.1) is 5.69 Å². The van der Waals surface area contributed by atoms with Crippen molar-refractivity contribution in [1.29, 1.82) is 0 Å². The van der Waals surface area contributed by atoms with Crippen molar-refractivity contribution in [3.8, 4) is 0 Å². The van der Waals surface area contributed by atoms with Crippen molar-refractivity contribution in [3.63, 3.8) is 0 Å². The van der Waals surface area contributed by atoms with Crippen LogP contribution in [0.2, 0.25) is 0 Å². The van der Waals surface area contributed by atoms with E-state index in [4.69, 9.17) is 0 Å². The lowest BCUT2D eigenvalue weighted by molar-refractivity contribution is 0.627. The van der Waals surface area contributed by atoms with E-state index in [9.17, 15) is 0 Å². The molecule has 0 spiro atoms. The molecule has 0 unspecified atom stereocenters. The van der Waals surface area contributed by atoms with Crippen molar-refractivity contribution < 1.29 is 0 Å². The third kappa shape index (κ3) is 4.39. The summed E-state index contributed by atoms with van der Waals surface area (Å²) < 4.78 is 0. The highest BCUT2D eigenvalue weighted by molar-refractivity contribution is 5.99. The van der Waals surface area contributed by atoms with Crippen molar-refractivity contribution in [2.45, 2.75) is 46.0 Å². The maximum absolute atomic E-state index is 4.63. The molecule has 3 aromatic carbocycles. The van der Waals surface area contributed by atoms with Gasteiger partial charge < -0.3 is 0 Å². The van der Waals surface area contributed by atoms with Gasteiger partial charge in [-0.15, -0.1) is 0 Å². The molecular weight excluding hydrogens is 422 g/mol. The maximum atomic E-state index is 4.63. The molecule has 0 heterocycles. The predicted molar refractivity (Wildman–Crippen MR) is 151 cm³/mol. The number of benzene rings is 3. The first-order valence-electron chi connectivity index (χ1n) is 12.5. The summed E-state index contributed by atoms with van der Waals surface area (Å²) in [6.45, 7) is 8.82. The Hall–Kier alpha value is -3.71. The van der Waals surface area contributed by atoms with Crippen LogP contribution in [0.25, 0.3) is 11.1 Å². The van der Waals surface area contributed by atoms with Gasteiger partial charge in [0.2, 0.25) is 0 Å². The zero-order valence-electron chi connectivity index (χ0n) is 21.2. The Morgan fingerprint density at radius 1 is 0.857 bits per heavy atom. The molecule has 1 heteroatoms. The van der Waals surface area contributed by atoms with E-state index < -0.39 is 0 Å². The topological polar surface area (TPSA) is 12.4 Å². The highest BCUT2D eigenvalue weighted by Gasteiger charge is 2.37. The molecule has 0 fully saturated rings. The SMILES string of the molecule is C/C=C\C1=C(C=Nc2ccc(C)cc2)Cc2ccccc21.CC1(C)C2=C(C=CC2)c2ccccc21. The van der Waals surface area contributed by atoms with Crippen LogP contribution in [0.3, 0.4) is 0 Å². The lowest BCUT2D eigenvalue weighted by atomic mass is 9.80. The Morgan fingerprint density at radius 3 is 2.34 bits per heavy atom. The molecule has 0 aliphatic heterocycles. The zero-order valence-corrected chi connectivity index (χ0v) is 21.2. The fourth-order valence-corrected chi connectivity index (χ4v) is 5.45. The number of fused-ring (bicyclic) bond motifs is 3. The van der Waals surface area contributed by atoms with Crippen LogP contribution in [0.1, 0.15) is 55.0 Å². The lowest BCUT2D eigenvalue weighted by Gasteiger charge is -2.23. The minimum Gasteiger partial charge on any atom is -0.257 e. The second-order valence-electron chi connectivity index (χ2n) is 10.0. The molecule has 0 saturated heterocycles. The molecule has 35 heavy (non-hydrogen) atoms. The Morgan fingerprint density at radius 2 is 1.57 bits per heavy atom. The zero-order chi connectivity index (χ0) is 24.4. The second-order valence-corrected chi connectivity index (χ2v) is 10.0. The van der Waals surface area contributed by atoms with Crippen molar-refractivity contribution >= 4 is 23.0 Å². The van der Waals surface area contributed by atoms with Gasteiger partial charge in [0.25, 0.3) is 0 Å². The minimum atomic E-state index is 0.245. The number of rotatable bonds is 3. The normalized spacial score (nSPS) is 17.1. The second kappa shape index (κ2) is 9.50. The third-order valence-electron chi connectivity index (χ3n) is 7.35. The highest BCUT2D eigenvalue weighted by atomic mass is 14.7. The van der Waals surface area contributed by atoms with Gasteiger partial charge in [0.1, 0.15) is 0 Å². The molecule has 0 bridgehead atoms. The molecule has 0 amide bonds. The summed E-state index contributed by atoms with van der Waals surface area (Å²) in [6.07, 6.45) is 13.0. The third-order valence-corrected chi connectivity index (χ3v) is 7.35. The summed E-state index contributed by atoms with van der Waals surface area (Å²) in [5.74, 6) is 0. The summed E-state index contributed by atoms with van der Waals surface area (Å²) in [7, 11) is 0. The van der Waals surface area contributed by atoms with E-state index in [2.05, 4.69) is 130 Å². The van der Waals surface area contributed by atoms with E-state index in [0.717, 1.165) is 18.5 Å². The molecular formula is C34H33N. The summed E-state index contributed by atoms with van der Waals surface area (Å²) >= 11 is 0. The van der Waals surface area contributed by atoms with Crippen LogP contribution in [-0.4, -0.2) is 6.21 Å². The van der Waals surface area contributed by atoms with Crippen LogP contribution in [0, 0.1) is 6.92 Å². The number of hydrogen-bond donors (Lipinski definition) is 0. The van der Waals surface area contributed by atoms with Crippen LogP contribution >= 0.6 is 0 Å². The molecule has 3 aliphatic rings. The Kier molecular flexibility index (Phi) is 6.26. The summed E-state index contributed by atoms with van der Waals surface area (Å²) in [5.41, 5.74) is 13.8. The summed E-state index contributed by atoms with van der Waals surface area (Å²) in [4.78, 5) is 4.63.